The van der Waals surface area contributed by atoms with Gasteiger partial charge in [0.1, 0.15) is 0 Å². The highest BCUT2D eigenvalue weighted by Crippen LogP contribution is 2.45. The van der Waals surface area contributed by atoms with Gasteiger partial charge in [-0.1, -0.05) is 127 Å². The van der Waals surface area contributed by atoms with Crippen molar-refractivity contribution in [2.24, 2.45) is 0 Å². The van der Waals surface area contributed by atoms with E-state index in [-0.39, 0.29) is 0 Å². The second kappa shape index (κ2) is 22.9. The van der Waals surface area contributed by atoms with Gasteiger partial charge in [0.05, 0.1) is 21.1 Å². The first-order valence-corrected chi connectivity index (χ1v) is 16.6. The molecule has 0 N–H and O–H groups in total. The van der Waals surface area contributed by atoms with Crippen LogP contribution >= 0.6 is 8.03 Å². The minimum atomic E-state index is -2.42. The molecule has 0 saturated heterocycles. The number of hydrogen-bond donors (Lipinski definition) is 0. The highest BCUT2D eigenvalue weighted by Gasteiger charge is 2.53. The molecule has 0 rings (SSSR count). The normalized spacial score (nSPS) is 14.5. The predicted octanol–water partition coefficient (Wildman–Crippen LogP) is 10.1. The number of quaternary nitrogens is 1. The van der Waals surface area contributed by atoms with Gasteiger partial charge in [-0.25, -0.2) is 0 Å². The maximum absolute atomic E-state index is 12.1. The third-order valence-electron chi connectivity index (χ3n) is 7.83. The van der Waals surface area contributed by atoms with Gasteiger partial charge in [-0.3, -0.25) is 4.48 Å². The first-order chi connectivity index (χ1) is 16.8. The Morgan fingerprint density at radius 1 is 0.571 bits per heavy atom. The Morgan fingerprint density at radius 2 is 0.943 bits per heavy atom. The molecule has 0 aromatic carbocycles. The summed E-state index contributed by atoms with van der Waals surface area (Å²) in [6.07, 6.45) is 34.1. The summed E-state index contributed by atoms with van der Waals surface area (Å²) in [6.45, 7) is 4.38. The fraction of sp³-hybridized carbons (Fsp3) is 0.935. The monoisotopic (exact) mass is 512 g/mol. The molecule has 2 unspecified atom stereocenters. The van der Waals surface area contributed by atoms with Crippen molar-refractivity contribution in [3.8, 4) is 0 Å². The molecule has 0 aromatic rings. The molecule has 0 amide bonds. The highest BCUT2D eigenvalue weighted by atomic mass is 31.1. The first kappa shape index (κ1) is 34.8. The van der Waals surface area contributed by atoms with Crippen LogP contribution in [0.4, 0.5) is 0 Å². The summed E-state index contributed by atoms with van der Waals surface area (Å²) in [5.74, 6) is 0. The van der Waals surface area contributed by atoms with E-state index < -0.39 is 13.3 Å². The van der Waals surface area contributed by atoms with E-state index in [1.807, 2.05) is 21.1 Å². The maximum Gasteiger partial charge on any atom is 0.376 e. The van der Waals surface area contributed by atoms with Gasteiger partial charge in [0.15, 0.2) is 0 Å². The zero-order chi connectivity index (χ0) is 26.3. The summed E-state index contributed by atoms with van der Waals surface area (Å²) in [7, 11) is 3.69. The molecular formula is C31H63NO2P+. The molecule has 0 bridgehead atoms. The van der Waals surface area contributed by atoms with Crippen molar-refractivity contribution in [1.29, 1.82) is 0 Å². The van der Waals surface area contributed by atoms with E-state index in [1.165, 1.54) is 122 Å². The van der Waals surface area contributed by atoms with Gasteiger partial charge < -0.3 is 4.89 Å². The second-order valence-corrected chi connectivity index (χ2v) is 13.2. The molecule has 35 heavy (non-hydrogen) atoms. The molecule has 0 aromatic heterocycles. The molecule has 0 fully saturated rings. The molecule has 0 radical (unpaired) electrons. The summed E-state index contributed by atoms with van der Waals surface area (Å²) in [5, 5.41) is -0.591. The molecule has 4 heteroatoms. The first-order valence-electron chi connectivity index (χ1n) is 15.4. The van der Waals surface area contributed by atoms with E-state index in [0.717, 1.165) is 25.7 Å². The van der Waals surface area contributed by atoms with Crippen LogP contribution in [0.1, 0.15) is 162 Å². The quantitative estimate of drug-likeness (QED) is 0.0500. The second-order valence-electron chi connectivity index (χ2n) is 11.8. The molecule has 208 valence electrons. The zero-order valence-electron chi connectivity index (χ0n) is 24.6. The molecule has 0 aliphatic heterocycles. The van der Waals surface area contributed by atoms with Crippen molar-refractivity contribution in [1.82, 2.24) is 0 Å². The zero-order valence-corrected chi connectivity index (χ0v) is 25.5. The van der Waals surface area contributed by atoms with Crippen molar-refractivity contribution in [3.05, 3.63) is 12.2 Å². The molecule has 0 saturated carbocycles. The number of nitrogens with zero attached hydrogens (tertiary/aromatic N) is 1. The lowest BCUT2D eigenvalue weighted by Crippen LogP contribution is -2.55. The predicted molar refractivity (Wildman–Crippen MR) is 155 cm³/mol. The van der Waals surface area contributed by atoms with Crippen LogP contribution in [0.25, 0.3) is 0 Å². The molecule has 0 spiro atoms. The summed E-state index contributed by atoms with van der Waals surface area (Å²) in [5.41, 5.74) is 0. The Labute approximate surface area is 222 Å². The van der Waals surface area contributed by atoms with Crippen LogP contribution in [0.3, 0.4) is 0 Å². The minimum absolute atomic E-state index is 0.522. The lowest BCUT2D eigenvalue weighted by molar-refractivity contribution is -0.910. The standard InChI is InChI=1S/C31H63NO2P/c1-6-8-9-10-11-12-13-14-15-16-17-18-19-20-21-22-23-24-25-26-27-28-30-31(29-7-2,35(33)34)32(3,4)5/h17-18H,6-16,19-30H2,1-5H3/q+1/b18-17-. The molecular weight excluding hydrogens is 449 g/mol. The average Bonchev–Trinajstić information content (AvgIpc) is 2.80. The van der Waals surface area contributed by atoms with Crippen LogP contribution in [-0.4, -0.2) is 30.9 Å². The number of allylic oxidation sites excluding steroid dienone is 2. The van der Waals surface area contributed by atoms with Crippen molar-refractivity contribution in [3.63, 3.8) is 0 Å². The summed E-state index contributed by atoms with van der Waals surface area (Å²) < 4.78 is 12.6. The van der Waals surface area contributed by atoms with E-state index in [0.29, 0.717) is 4.48 Å². The molecule has 3 nitrogen and oxygen atoms in total. The van der Waals surface area contributed by atoms with E-state index in [4.69, 9.17) is 0 Å². The molecule has 0 aliphatic carbocycles. The minimum Gasteiger partial charge on any atom is -0.590 e. The van der Waals surface area contributed by atoms with Crippen molar-refractivity contribution in [2.75, 3.05) is 21.1 Å². The van der Waals surface area contributed by atoms with Gasteiger partial charge in [0.25, 0.3) is 5.28 Å². The third kappa shape index (κ3) is 17.8. The Kier molecular flexibility index (Phi) is 22.8. The Hall–Kier alpha value is -0.240. The van der Waals surface area contributed by atoms with Crippen LogP contribution in [0.5, 0.6) is 0 Å². The maximum atomic E-state index is 12.1. The van der Waals surface area contributed by atoms with Gasteiger partial charge >= 0.3 is 8.03 Å². The van der Waals surface area contributed by atoms with Crippen molar-refractivity contribution >= 4 is 8.03 Å². The SMILES string of the molecule is CCCCCCCCCCC/C=C\CCCCCCCCCCCC(CCC)([P+](=O)[O-])[N+](C)(C)C. The topological polar surface area (TPSA) is 40.1 Å². The van der Waals surface area contributed by atoms with Gasteiger partial charge in [0.2, 0.25) is 0 Å². The van der Waals surface area contributed by atoms with Crippen LogP contribution < -0.4 is 4.89 Å². The smallest absolute Gasteiger partial charge is 0.376 e. The lowest BCUT2D eigenvalue weighted by Gasteiger charge is -2.39. The largest absolute Gasteiger partial charge is 0.590 e. The van der Waals surface area contributed by atoms with E-state index >= 15 is 0 Å². The van der Waals surface area contributed by atoms with Crippen LogP contribution in [-0.2, 0) is 4.57 Å². The molecule has 2 atom stereocenters. The van der Waals surface area contributed by atoms with Gasteiger partial charge in [-0.05, 0) is 38.5 Å². The Bertz CT molecular complexity index is 515. The van der Waals surface area contributed by atoms with Crippen LogP contribution in [0.15, 0.2) is 12.2 Å². The number of hydrogen-bond acceptors (Lipinski definition) is 2. The average molecular weight is 513 g/mol. The Balaban J connectivity index is 3.55. The Morgan fingerprint density at radius 3 is 1.29 bits per heavy atom. The van der Waals surface area contributed by atoms with Gasteiger partial charge in [0, 0.05) is 12.8 Å². The van der Waals surface area contributed by atoms with Crippen LogP contribution in [0, 0.1) is 0 Å². The third-order valence-corrected chi connectivity index (χ3v) is 9.55. The molecule has 0 aliphatic rings. The van der Waals surface area contributed by atoms with Gasteiger partial charge in [-0.15, -0.1) is 0 Å². The fourth-order valence-electron chi connectivity index (χ4n) is 5.34. The van der Waals surface area contributed by atoms with E-state index in [2.05, 4.69) is 26.0 Å². The summed E-state index contributed by atoms with van der Waals surface area (Å²) in [4.78, 5) is 12.1. The van der Waals surface area contributed by atoms with E-state index in [1.54, 1.807) is 0 Å². The van der Waals surface area contributed by atoms with E-state index in [9.17, 15) is 9.46 Å². The highest BCUT2D eigenvalue weighted by molar-refractivity contribution is 7.38. The molecule has 0 heterocycles. The number of rotatable bonds is 26. The summed E-state index contributed by atoms with van der Waals surface area (Å²) in [6, 6.07) is 0. The number of unbranched alkanes of at least 4 members (excludes halogenated alkanes) is 18. The lowest BCUT2D eigenvalue weighted by atomic mass is 9.99. The van der Waals surface area contributed by atoms with Crippen molar-refractivity contribution < 1.29 is 13.9 Å². The van der Waals surface area contributed by atoms with Crippen LogP contribution in [0.2, 0.25) is 0 Å². The van der Waals surface area contributed by atoms with Crippen molar-refractivity contribution in [2.45, 2.75) is 167 Å². The summed E-state index contributed by atoms with van der Waals surface area (Å²) >= 11 is 0. The van der Waals surface area contributed by atoms with Gasteiger partial charge in [-0.2, -0.15) is 0 Å². The fourth-order valence-corrected chi connectivity index (χ4v) is 6.58.